The Balaban J connectivity index is 2.38. The standard InChI is InChI=1S/C12H13NOS/c1-7-13-10-6-11(14)8-4-2-3-5-9(8)12(10)15-7/h6,14H,2-5H2,1H3. The van der Waals surface area contributed by atoms with E-state index in [1.165, 1.54) is 23.1 Å². The van der Waals surface area contributed by atoms with Crippen molar-refractivity contribution in [3.63, 3.8) is 0 Å². The van der Waals surface area contributed by atoms with Gasteiger partial charge in [-0.05, 0) is 43.7 Å². The van der Waals surface area contributed by atoms with E-state index in [1.807, 2.05) is 13.0 Å². The molecule has 78 valence electrons. The van der Waals surface area contributed by atoms with Gasteiger partial charge in [0.25, 0.3) is 0 Å². The number of benzene rings is 1. The number of nitrogens with zero attached hydrogens (tertiary/aromatic N) is 1. The normalized spacial score (nSPS) is 15.5. The van der Waals surface area contributed by atoms with Crippen LogP contribution in [0.15, 0.2) is 6.07 Å². The average molecular weight is 219 g/mol. The highest BCUT2D eigenvalue weighted by Gasteiger charge is 2.18. The largest absolute Gasteiger partial charge is 0.508 e. The highest BCUT2D eigenvalue weighted by Crippen LogP contribution is 2.37. The van der Waals surface area contributed by atoms with E-state index in [2.05, 4.69) is 4.98 Å². The lowest BCUT2D eigenvalue weighted by molar-refractivity contribution is 0.463. The Morgan fingerprint density at radius 3 is 2.80 bits per heavy atom. The van der Waals surface area contributed by atoms with Crippen LogP contribution in [0.4, 0.5) is 0 Å². The molecule has 1 aromatic carbocycles. The Labute approximate surface area is 92.6 Å². The molecule has 0 saturated carbocycles. The molecule has 0 radical (unpaired) electrons. The number of phenols is 1. The Morgan fingerprint density at radius 2 is 2.00 bits per heavy atom. The first kappa shape index (κ1) is 9.16. The molecule has 1 aliphatic rings. The van der Waals surface area contributed by atoms with E-state index in [0.29, 0.717) is 5.75 Å². The van der Waals surface area contributed by atoms with Gasteiger partial charge < -0.3 is 5.11 Å². The summed E-state index contributed by atoms with van der Waals surface area (Å²) in [5.74, 6) is 0.447. The molecule has 0 fully saturated rings. The van der Waals surface area contributed by atoms with E-state index >= 15 is 0 Å². The summed E-state index contributed by atoms with van der Waals surface area (Å²) < 4.78 is 1.29. The van der Waals surface area contributed by atoms with Gasteiger partial charge in [0.05, 0.1) is 15.2 Å². The molecule has 0 amide bonds. The molecule has 1 heterocycles. The molecular formula is C12H13NOS. The van der Waals surface area contributed by atoms with Crippen molar-refractivity contribution in [2.75, 3.05) is 0 Å². The highest BCUT2D eigenvalue weighted by molar-refractivity contribution is 7.18. The van der Waals surface area contributed by atoms with Gasteiger partial charge in [-0.25, -0.2) is 4.98 Å². The molecule has 2 nitrogen and oxygen atoms in total. The highest BCUT2D eigenvalue weighted by atomic mass is 32.1. The topological polar surface area (TPSA) is 33.1 Å². The van der Waals surface area contributed by atoms with Gasteiger partial charge in [-0.3, -0.25) is 0 Å². The molecule has 1 aliphatic carbocycles. The van der Waals surface area contributed by atoms with Crippen LogP contribution < -0.4 is 0 Å². The van der Waals surface area contributed by atoms with Gasteiger partial charge in [0.2, 0.25) is 0 Å². The summed E-state index contributed by atoms with van der Waals surface area (Å²) in [4.78, 5) is 4.44. The van der Waals surface area contributed by atoms with E-state index < -0.39 is 0 Å². The smallest absolute Gasteiger partial charge is 0.121 e. The van der Waals surface area contributed by atoms with Gasteiger partial charge in [0.1, 0.15) is 5.75 Å². The van der Waals surface area contributed by atoms with E-state index in [1.54, 1.807) is 11.3 Å². The monoisotopic (exact) mass is 219 g/mol. The van der Waals surface area contributed by atoms with Crippen molar-refractivity contribution in [3.05, 3.63) is 22.2 Å². The van der Waals surface area contributed by atoms with Crippen molar-refractivity contribution in [2.45, 2.75) is 32.6 Å². The summed E-state index contributed by atoms with van der Waals surface area (Å²) in [5, 5.41) is 11.0. The number of rotatable bonds is 0. The molecule has 3 heteroatoms. The van der Waals surface area contributed by atoms with Gasteiger partial charge in [0, 0.05) is 6.07 Å². The second-order valence-electron chi connectivity index (χ2n) is 4.14. The average Bonchev–Trinajstić information content (AvgIpc) is 2.59. The molecular weight excluding hydrogens is 206 g/mol. The minimum atomic E-state index is 0.447. The number of thiazole rings is 1. The minimum Gasteiger partial charge on any atom is -0.508 e. The SMILES string of the molecule is Cc1nc2cc(O)c3c(c2s1)CCCC3. The quantitative estimate of drug-likeness (QED) is 0.738. The zero-order chi connectivity index (χ0) is 10.4. The summed E-state index contributed by atoms with van der Waals surface area (Å²) >= 11 is 1.75. The molecule has 0 unspecified atom stereocenters. The number of hydrogen-bond acceptors (Lipinski definition) is 3. The molecule has 15 heavy (non-hydrogen) atoms. The van der Waals surface area contributed by atoms with Crippen LogP contribution in [0.2, 0.25) is 0 Å². The van der Waals surface area contributed by atoms with E-state index in [0.717, 1.165) is 28.9 Å². The number of aromatic nitrogens is 1. The first-order valence-corrected chi connectivity index (χ1v) is 6.18. The van der Waals surface area contributed by atoms with Crippen molar-refractivity contribution >= 4 is 21.6 Å². The zero-order valence-corrected chi connectivity index (χ0v) is 9.52. The van der Waals surface area contributed by atoms with Crippen LogP contribution in [0.1, 0.15) is 29.0 Å². The molecule has 3 rings (SSSR count). The first-order valence-electron chi connectivity index (χ1n) is 5.36. The summed E-state index contributed by atoms with van der Waals surface area (Å²) in [6, 6.07) is 1.82. The van der Waals surface area contributed by atoms with Crippen LogP contribution in [0.25, 0.3) is 10.2 Å². The Kier molecular flexibility index (Phi) is 1.96. The minimum absolute atomic E-state index is 0.447. The molecule has 0 aliphatic heterocycles. The van der Waals surface area contributed by atoms with Crippen LogP contribution in [0.3, 0.4) is 0 Å². The van der Waals surface area contributed by atoms with Crippen LogP contribution in [0, 0.1) is 6.92 Å². The number of aryl methyl sites for hydroxylation is 2. The van der Waals surface area contributed by atoms with Gasteiger partial charge in [-0.15, -0.1) is 11.3 Å². The second-order valence-corrected chi connectivity index (χ2v) is 5.34. The summed E-state index contributed by atoms with van der Waals surface area (Å²) in [6.07, 6.45) is 4.56. The molecule has 0 spiro atoms. The first-order chi connectivity index (χ1) is 7.25. The van der Waals surface area contributed by atoms with Gasteiger partial charge >= 0.3 is 0 Å². The van der Waals surface area contributed by atoms with Crippen molar-refractivity contribution < 1.29 is 5.11 Å². The maximum atomic E-state index is 9.93. The summed E-state index contributed by atoms with van der Waals surface area (Å²) in [7, 11) is 0. The van der Waals surface area contributed by atoms with Crippen molar-refractivity contribution in [1.82, 2.24) is 4.98 Å². The van der Waals surface area contributed by atoms with Crippen molar-refractivity contribution in [2.24, 2.45) is 0 Å². The van der Waals surface area contributed by atoms with Gasteiger partial charge in [-0.2, -0.15) is 0 Å². The molecule has 0 bridgehead atoms. The maximum absolute atomic E-state index is 9.93. The van der Waals surface area contributed by atoms with Crippen LogP contribution in [0.5, 0.6) is 5.75 Å². The van der Waals surface area contributed by atoms with Crippen molar-refractivity contribution in [1.29, 1.82) is 0 Å². The molecule has 2 aromatic rings. The van der Waals surface area contributed by atoms with E-state index in [4.69, 9.17) is 0 Å². The fourth-order valence-electron chi connectivity index (χ4n) is 2.41. The zero-order valence-electron chi connectivity index (χ0n) is 8.71. The number of aromatic hydroxyl groups is 1. The third kappa shape index (κ3) is 1.34. The van der Waals surface area contributed by atoms with Crippen LogP contribution in [-0.2, 0) is 12.8 Å². The Morgan fingerprint density at radius 1 is 1.27 bits per heavy atom. The predicted octanol–water partition coefficient (Wildman–Crippen LogP) is 3.19. The third-order valence-corrected chi connectivity index (χ3v) is 4.13. The van der Waals surface area contributed by atoms with Crippen LogP contribution >= 0.6 is 11.3 Å². The molecule has 0 saturated heterocycles. The molecule has 1 N–H and O–H groups in total. The third-order valence-electron chi connectivity index (χ3n) is 3.08. The van der Waals surface area contributed by atoms with Crippen molar-refractivity contribution in [3.8, 4) is 5.75 Å². The van der Waals surface area contributed by atoms with E-state index in [-0.39, 0.29) is 0 Å². The van der Waals surface area contributed by atoms with Gasteiger partial charge in [0.15, 0.2) is 0 Å². The number of phenolic OH excluding ortho intramolecular Hbond substituents is 1. The predicted molar refractivity (Wildman–Crippen MR) is 62.7 cm³/mol. The fraction of sp³-hybridized carbons (Fsp3) is 0.417. The lowest BCUT2D eigenvalue weighted by Crippen LogP contribution is -2.02. The summed E-state index contributed by atoms with van der Waals surface area (Å²) in [5.41, 5.74) is 3.48. The van der Waals surface area contributed by atoms with E-state index in [9.17, 15) is 5.11 Å². The lowest BCUT2D eigenvalue weighted by atomic mass is 9.91. The van der Waals surface area contributed by atoms with Crippen LogP contribution in [-0.4, -0.2) is 10.1 Å². The number of fused-ring (bicyclic) bond motifs is 3. The molecule has 1 aromatic heterocycles. The molecule has 0 atom stereocenters. The summed E-state index contributed by atoms with van der Waals surface area (Å²) in [6.45, 7) is 2.02. The maximum Gasteiger partial charge on any atom is 0.121 e. The second kappa shape index (κ2) is 3.20. The number of hydrogen-bond donors (Lipinski definition) is 1. The lowest BCUT2D eigenvalue weighted by Gasteiger charge is -2.17. The van der Waals surface area contributed by atoms with Gasteiger partial charge in [-0.1, -0.05) is 0 Å². The Bertz CT molecular complexity index is 530. The Hall–Kier alpha value is -1.09. The fourth-order valence-corrected chi connectivity index (χ4v) is 3.41.